The molecule has 1 saturated heterocycles. The second-order valence-corrected chi connectivity index (χ2v) is 8.57. The van der Waals surface area contributed by atoms with Gasteiger partial charge >= 0.3 is 5.97 Å². The molecular formula is C14H19NO5S. The standard InChI is InChI=1S/C14H19NO5S/c1-15(10-4-5-21(19,20)7-10)13(16)11-8-2-3-9(6-8)12(11)14(17)18/h2-3,8-12H,4-7H2,1H3,(H,17,18)/t8-,9-,10+,11+,12+/m0/s1. The number of amides is 1. The minimum Gasteiger partial charge on any atom is -0.481 e. The van der Waals surface area contributed by atoms with Crippen molar-refractivity contribution in [2.75, 3.05) is 18.6 Å². The molecule has 3 aliphatic rings. The van der Waals surface area contributed by atoms with E-state index in [1.807, 2.05) is 12.2 Å². The minimum absolute atomic E-state index is 0.0103. The molecule has 0 unspecified atom stereocenters. The van der Waals surface area contributed by atoms with Crippen molar-refractivity contribution in [3.63, 3.8) is 0 Å². The number of carboxylic acid groups (broad SMARTS) is 1. The number of allylic oxidation sites excluding steroid dienone is 2. The topological polar surface area (TPSA) is 91.8 Å². The summed E-state index contributed by atoms with van der Waals surface area (Å²) in [4.78, 5) is 25.6. The number of carbonyl (C=O) groups excluding carboxylic acids is 1. The van der Waals surface area contributed by atoms with Gasteiger partial charge < -0.3 is 10.0 Å². The summed E-state index contributed by atoms with van der Waals surface area (Å²) in [5.74, 6) is -2.37. The lowest BCUT2D eigenvalue weighted by Crippen LogP contribution is -2.46. The molecule has 1 amide bonds. The van der Waals surface area contributed by atoms with E-state index < -0.39 is 27.6 Å². The lowest BCUT2D eigenvalue weighted by Gasteiger charge is -2.31. The van der Waals surface area contributed by atoms with E-state index in [0.717, 1.165) is 0 Å². The molecule has 0 spiro atoms. The fraction of sp³-hybridized carbons (Fsp3) is 0.714. The molecule has 3 rings (SSSR count). The average molecular weight is 313 g/mol. The number of aliphatic carboxylic acids is 1. The van der Waals surface area contributed by atoms with Gasteiger partial charge in [0, 0.05) is 13.1 Å². The predicted molar refractivity (Wildman–Crippen MR) is 75.2 cm³/mol. The van der Waals surface area contributed by atoms with Gasteiger partial charge in [0.05, 0.1) is 23.3 Å². The molecule has 0 aromatic carbocycles. The zero-order chi connectivity index (χ0) is 15.4. The number of nitrogens with zero attached hydrogens (tertiary/aromatic N) is 1. The summed E-state index contributed by atoms with van der Waals surface area (Å²) in [6, 6.07) is -0.319. The van der Waals surface area contributed by atoms with Crippen molar-refractivity contribution in [3.8, 4) is 0 Å². The van der Waals surface area contributed by atoms with Gasteiger partial charge in [0.1, 0.15) is 0 Å². The lowest BCUT2D eigenvalue weighted by molar-refractivity contribution is -0.151. The number of hydrogen-bond donors (Lipinski definition) is 1. The summed E-state index contributed by atoms with van der Waals surface area (Å²) in [5.41, 5.74) is 0. The van der Waals surface area contributed by atoms with Crippen LogP contribution in [0.5, 0.6) is 0 Å². The molecule has 116 valence electrons. The van der Waals surface area contributed by atoms with Crippen LogP contribution < -0.4 is 0 Å². The predicted octanol–water partition coefficient (Wildman–Crippen LogP) is 0.155. The van der Waals surface area contributed by atoms with E-state index >= 15 is 0 Å². The first kappa shape index (κ1) is 14.6. The quantitative estimate of drug-likeness (QED) is 0.749. The van der Waals surface area contributed by atoms with Gasteiger partial charge in [-0.1, -0.05) is 12.2 Å². The first-order valence-electron chi connectivity index (χ1n) is 7.18. The van der Waals surface area contributed by atoms with Gasteiger partial charge in [-0.25, -0.2) is 8.42 Å². The largest absolute Gasteiger partial charge is 0.481 e. The van der Waals surface area contributed by atoms with Crippen molar-refractivity contribution in [2.45, 2.75) is 18.9 Å². The molecule has 0 aromatic rings. The molecule has 6 nitrogen and oxygen atoms in total. The van der Waals surface area contributed by atoms with Crippen LogP contribution in [0, 0.1) is 23.7 Å². The molecule has 5 atom stereocenters. The van der Waals surface area contributed by atoms with Crippen LogP contribution >= 0.6 is 0 Å². The average Bonchev–Trinajstić information content (AvgIpc) is 3.09. The highest BCUT2D eigenvalue weighted by molar-refractivity contribution is 7.91. The van der Waals surface area contributed by atoms with Crippen molar-refractivity contribution >= 4 is 21.7 Å². The van der Waals surface area contributed by atoms with Gasteiger partial charge in [-0.3, -0.25) is 9.59 Å². The number of rotatable bonds is 3. The van der Waals surface area contributed by atoms with E-state index in [-0.39, 0.29) is 35.3 Å². The fourth-order valence-corrected chi connectivity index (χ4v) is 5.77. The van der Waals surface area contributed by atoms with E-state index in [1.54, 1.807) is 7.05 Å². The maximum absolute atomic E-state index is 12.7. The molecular weight excluding hydrogens is 294 g/mol. The molecule has 21 heavy (non-hydrogen) atoms. The van der Waals surface area contributed by atoms with Gasteiger partial charge in [-0.15, -0.1) is 0 Å². The van der Waals surface area contributed by atoms with Gasteiger partial charge in [0.15, 0.2) is 9.84 Å². The van der Waals surface area contributed by atoms with Crippen LogP contribution in [-0.2, 0) is 19.4 Å². The van der Waals surface area contributed by atoms with Crippen LogP contribution in [0.1, 0.15) is 12.8 Å². The van der Waals surface area contributed by atoms with Crippen LogP contribution in [0.25, 0.3) is 0 Å². The van der Waals surface area contributed by atoms with Crippen LogP contribution in [-0.4, -0.2) is 54.9 Å². The summed E-state index contributed by atoms with van der Waals surface area (Å²) < 4.78 is 23.1. The number of carbonyl (C=O) groups is 2. The van der Waals surface area contributed by atoms with Crippen molar-refractivity contribution in [3.05, 3.63) is 12.2 Å². The number of carboxylic acids is 1. The molecule has 2 bridgehead atoms. The molecule has 1 saturated carbocycles. The summed E-state index contributed by atoms with van der Waals surface area (Å²) >= 11 is 0. The van der Waals surface area contributed by atoms with Crippen molar-refractivity contribution in [1.82, 2.24) is 4.90 Å². The highest BCUT2D eigenvalue weighted by Gasteiger charge is 2.53. The van der Waals surface area contributed by atoms with Gasteiger partial charge in [-0.2, -0.15) is 0 Å². The minimum atomic E-state index is -3.06. The monoisotopic (exact) mass is 313 g/mol. The maximum Gasteiger partial charge on any atom is 0.307 e. The first-order chi connectivity index (χ1) is 9.80. The third-order valence-electron chi connectivity index (χ3n) is 5.13. The Morgan fingerprint density at radius 1 is 1.19 bits per heavy atom. The zero-order valence-corrected chi connectivity index (χ0v) is 12.6. The zero-order valence-electron chi connectivity index (χ0n) is 11.8. The molecule has 1 N–H and O–H groups in total. The number of sulfone groups is 1. The normalized spacial score (nSPS) is 39.6. The van der Waals surface area contributed by atoms with E-state index in [9.17, 15) is 23.1 Å². The Kier molecular flexibility index (Phi) is 3.35. The van der Waals surface area contributed by atoms with Crippen molar-refractivity contribution in [2.24, 2.45) is 23.7 Å². The van der Waals surface area contributed by atoms with Crippen LogP contribution in [0.3, 0.4) is 0 Å². The second-order valence-electron chi connectivity index (χ2n) is 6.34. The molecule has 0 radical (unpaired) electrons. The van der Waals surface area contributed by atoms with Crippen molar-refractivity contribution in [1.29, 1.82) is 0 Å². The third-order valence-corrected chi connectivity index (χ3v) is 6.88. The smallest absolute Gasteiger partial charge is 0.307 e. The van der Waals surface area contributed by atoms with Gasteiger partial charge in [0.2, 0.25) is 5.91 Å². The van der Waals surface area contributed by atoms with E-state index in [0.29, 0.717) is 12.8 Å². The highest BCUT2D eigenvalue weighted by Crippen LogP contribution is 2.48. The Labute approximate surface area is 123 Å². The van der Waals surface area contributed by atoms with E-state index in [4.69, 9.17) is 0 Å². The van der Waals surface area contributed by atoms with Crippen LogP contribution in [0.15, 0.2) is 12.2 Å². The number of fused-ring (bicyclic) bond motifs is 2. The second kappa shape index (κ2) is 4.83. The summed E-state index contributed by atoms with van der Waals surface area (Å²) in [5, 5.41) is 9.38. The van der Waals surface area contributed by atoms with E-state index in [2.05, 4.69) is 0 Å². The van der Waals surface area contributed by atoms with Crippen LogP contribution in [0.4, 0.5) is 0 Å². The lowest BCUT2D eigenvalue weighted by atomic mass is 9.82. The Morgan fingerprint density at radius 3 is 2.33 bits per heavy atom. The molecule has 1 aliphatic heterocycles. The first-order valence-corrected chi connectivity index (χ1v) is 9.00. The Balaban J connectivity index is 1.78. The van der Waals surface area contributed by atoms with Gasteiger partial charge in [-0.05, 0) is 24.7 Å². The fourth-order valence-electron chi connectivity index (χ4n) is 3.99. The summed E-state index contributed by atoms with van der Waals surface area (Å²) in [7, 11) is -1.46. The molecule has 7 heteroatoms. The van der Waals surface area contributed by atoms with Crippen LogP contribution in [0.2, 0.25) is 0 Å². The van der Waals surface area contributed by atoms with Gasteiger partial charge in [0.25, 0.3) is 0 Å². The summed E-state index contributed by atoms with van der Waals surface area (Å²) in [6.45, 7) is 0. The summed E-state index contributed by atoms with van der Waals surface area (Å²) in [6.07, 6.45) is 4.99. The molecule has 2 aliphatic carbocycles. The Morgan fingerprint density at radius 2 is 1.81 bits per heavy atom. The highest BCUT2D eigenvalue weighted by atomic mass is 32.2. The maximum atomic E-state index is 12.7. The van der Waals surface area contributed by atoms with Crippen molar-refractivity contribution < 1.29 is 23.1 Å². The molecule has 1 heterocycles. The SMILES string of the molecule is CN(C(=O)[C@H]1[C@H](C(=O)O)[C@H]2C=C[C@H]1C2)[C@@H]1CCS(=O)(=O)C1. The van der Waals surface area contributed by atoms with E-state index in [1.165, 1.54) is 4.90 Å². The Bertz CT molecular complexity index is 611. The third kappa shape index (κ3) is 2.37. The number of hydrogen-bond acceptors (Lipinski definition) is 4. The molecule has 0 aromatic heterocycles. The molecule has 2 fully saturated rings. The Hall–Kier alpha value is -1.37.